The number of imidazole rings is 1. The maximum absolute atomic E-state index is 14.0. The van der Waals surface area contributed by atoms with Gasteiger partial charge in [-0.3, -0.25) is 9.12 Å². The molecule has 0 radical (unpaired) electrons. The van der Waals surface area contributed by atoms with Gasteiger partial charge in [-0.2, -0.15) is 18.2 Å². The number of methoxy groups -OCH3 is 1. The lowest BCUT2D eigenvalue weighted by Gasteiger charge is -2.12. The Hall–Kier alpha value is -3.41. The summed E-state index contributed by atoms with van der Waals surface area (Å²) >= 11 is 0. The van der Waals surface area contributed by atoms with Gasteiger partial charge in [0, 0.05) is 11.6 Å². The number of pyridine rings is 1. The highest BCUT2D eigenvalue weighted by atomic mass is 32.2. The van der Waals surface area contributed by atoms with Crippen molar-refractivity contribution in [1.82, 2.24) is 19.4 Å². The van der Waals surface area contributed by atoms with Crippen molar-refractivity contribution in [2.45, 2.75) is 13.1 Å². The maximum atomic E-state index is 14.0. The second-order valence-corrected chi connectivity index (χ2v) is 8.56. The van der Waals surface area contributed by atoms with Crippen LogP contribution in [0.3, 0.4) is 0 Å². The Kier molecular flexibility index (Phi) is 4.76. The number of alkyl halides is 3. The SMILES string of the molecule is COc1ccc2nc(NS(C)(=O)=O)c3c(C(F)(F)F)nc(-c4ccccc4C)n3c2n1. The zero-order valence-corrected chi connectivity index (χ0v) is 17.3. The number of anilines is 1. The Balaban J connectivity index is 2.26. The normalized spacial score (nSPS) is 12.5. The molecular formula is C19H16F3N5O3S. The van der Waals surface area contributed by atoms with Crippen molar-refractivity contribution in [3.05, 3.63) is 47.7 Å². The van der Waals surface area contributed by atoms with E-state index in [9.17, 15) is 21.6 Å². The smallest absolute Gasteiger partial charge is 0.435 e. The first-order valence-electron chi connectivity index (χ1n) is 8.88. The Morgan fingerprint density at radius 1 is 1.06 bits per heavy atom. The third-order valence-electron chi connectivity index (χ3n) is 4.52. The van der Waals surface area contributed by atoms with Crippen molar-refractivity contribution < 1.29 is 26.3 Å². The van der Waals surface area contributed by atoms with Gasteiger partial charge in [-0.25, -0.2) is 18.4 Å². The monoisotopic (exact) mass is 451 g/mol. The molecule has 0 saturated carbocycles. The number of sulfonamides is 1. The fourth-order valence-electron chi connectivity index (χ4n) is 3.26. The highest BCUT2D eigenvalue weighted by molar-refractivity contribution is 7.92. The predicted molar refractivity (Wildman–Crippen MR) is 108 cm³/mol. The van der Waals surface area contributed by atoms with Gasteiger partial charge in [0.1, 0.15) is 16.9 Å². The zero-order valence-electron chi connectivity index (χ0n) is 16.5. The molecule has 3 aromatic heterocycles. The van der Waals surface area contributed by atoms with E-state index in [2.05, 4.69) is 19.7 Å². The third kappa shape index (κ3) is 3.74. The lowest BCUT2D eigenvalue weighted by molar-refractivity contribution is -0.139. The molecular weight excluding hydrogens is 435 g/mol. The van der Waals surface area contributed by atoms with Crippen molar-refractivity contribution in [3.8, 4) is 17.3 Å². The summed E-state index contributed by atoms with van der Waals surface area (Å²) in [4.78, 5) is 12.2. The summed E-state index contributed by atoms with van der Waals surface area (Å²) in [5, 5.41) is 0. The van der Waals surface area contributed by atoms with Crippen LogP contribution in [0.25, 0.3) is 28.1 Å². The van der Waals surface area contributed by atoms with Gasteiger partial charge >= 0.3 is 6.18 Å². The first kappa shape index (κ1) is 20.8. The van der Waals surface area contributed by atoms with Crippen molar-refractivity contribution >= 4 is 32.5 Å². The molecule has 162 valence electrons. The van der Waals surface area contributed by atoms with Crippen LogP contribution in [0.2, 0.25) is 0 Å². The average molecular weight is 451 g/mol. The molecule has 0 saturated heterocycles. The van der Waals surface area contributed by atoms with E-state index in [4.69, 9.17) is 4.74 Å². The van der Waals surface area contributed by atoms with Gasteiger partial charge in [-0.1, -0.05) is 24.3 Å². The van der Waals surface area contributed by atoms with Crippen LogP contribution in [0.1, 0.15) is 11.3 Å². The molecule has 12 heteroatoms. The van der Waals surface area contributed by atoms with Gasteiger partial charge in [0.05, 0.1) is 13.4 Å². The van der Waals surface area contributed by atoms with Gasteiger partial charge in [-0.05, 0) is 18.6 Å². The maximum Gasteiger partial charge on any atom is 0.435 e. The molecule has 0 amide bonds. The Bertz CT molecular complexity index is 1430. The Labute approximate surface area is 174 Å². The summed E-state index contributed by atoms with van der Waals surface area (Å²) in [6.07, 6.45) is -4.05. The van der Waals surface area contributed by atoms with Crippen LogP contribution < -0.4 is 9.46 Å². The topological polar surface area (TPSA) is 98.5 Å². The van der Waals surface area contributed by atoms with Gasteiger partial charge in [0.2, 0.25) is 15.9 Å². The minimum absolute atomic E-state index is 0.0367. The van der Waals surface area contributed by atoms with Crippen LogP contribution >= 0.6 is 0 Å². The highest BCUT2D eigenvalue weighted by Crippen LogP contribution is 2.39. The van der Waals surface area contributed by atoms with Crippen LogP contribution in [-0.2, 0) is 16.2 Å². The van der Waals surface area contributed by atoms with Crippen LogP contribution in [0.5, 0.6) is 5.88 Å². The fraction of sp³-hybridized carbons (Fsp3) is 0.211. The van der Waals surface area contributed by atoms with E-state index in [-0.39, 0.29) is 22.9 Å². The van der Waals surface area contributed by atoms with E-state index in [1.165, 1.54) is 19.2 Å². The number of aryl methyl sites for hydroxylation is 1. The predicted octanol–water partition coefficient (Wildman–Crippen LogP) is 3.65. The lowest BCUT2D eigenvalue weighted by atomic mass is 10.1. The van der Waals surface area contributed by atoms with E-state index in [1.54, 1.807) is 31.2 Å². The summed E-state index contributed by atoms with van der Waals surface area (Å²) in [6.45, 7) is 1.73. The molecule has 0 aliphatic carbocycles. The molecule has 3 heterocycles. The number of ether oxygens (including phenoxy) is 1. The van der Waals surface area contributed by atoms with E-state index >= 15 is 0 Å². The van der Waals surface area contributed by atoms with Gasteiger partial charge in [-0.15, -0.1) is 0 Å². The first-order chi connectivity index (χ1) is 14.5. The molecule has 0 aliphatic heterocycles. The van der Waals surface area contributed by atoms with Crippen molar-refractivity contribution in [1.29, 1.82) is 0 Å². The van der Waals surface area contributed by atoms with E-state index in [0.717, 1.165) is 10.7 Å². The number of benzene rings is 1. The summed E-state index contributed by atoms with van der Waals surface area (Å²) < 4.78 is 74.0. The van der Waals surface area contributed by atoms with Crippen molar-refractivity contribution in [2.75, 3.05) is 18.1 Å². The second-order valence-electron chi connectivity index (χ2n) is 6.81. The van der Waals surface area contributed by atoms with E-state index in [0.29, 0.717) is 11.1 Å². The summed E-state index contributed by atoms with van der Waals surface area (Å²) in [5.41, 5.74) is -0.542. The largest absolute Gasteiger partial charge is 0.481 e. The van der Waals surface area contributed by atoms with Gasteiger partial charge in [0.15, 0.2) is 17.2 Å². The van der Waals surface area contributed by atoms with Crippen LogP contribution in [0, 0.1) is 6.92 Å². The number of hydrogen-bond acceptors (Lipinski definition) is 6. The molecule has 0 aliphatic rings. The molecule has 31 heavy (non-hydrogen) atoms. The summed E-state index contributed by atoms with van der Waals surface area (Å²) in [6, 6.07) is 9.72. The molecule has 1 N–H and O–H groups in total. The Morgan fingerprint density at radius 3 is 2.39 bits per heavy atom. The molecule has 1 aromatic carbocycles. The van der Waals surface area contributed by atoms with Crippen molar-refractivity contribution in [2.24, 2.45) is 0 Å². The first-order valence-corrected chi connectivity index (χ1v) is 10.8. The standard InChI is InChI=1S/C19H16F3N5O3S/c1-10-6-4-5-7-11(10)17-25-15(19(20,21)22)14-16(26-31(3,28)29)23-12-8-9-13(30-2)24-18(12)27(14)17/h4-9H,1-3H3,(H,23,26). The Morgan fingerprint density at radius 2 is 1.77 bits per heavy atom. The molecule has 4 rings (SSSR count). The van der Waals surface area contributed by atoms with E-state index < -0.39 is 33.2 Å². The quantitative estimate of drug-likeness (QED) is 0.509. The number of nitrogens with zero attached hydrogens (tertiary/aromatic N) is 4. The van der Waals surface area contributed by atoms with Crippen LogP contribution in [0.15, 0.2) is 36.4 Å². The molecule has 4 aromatic rings. The number of halogens is 3. The lowest BCUT2D eigenvalue weighted by Crippen LogP contribution is -2.15. The second kappa shape index (κ2) is 7.08. The van der Waals surface area contributed by atoms with E-state index in [1.807, 2.05) is 0 Å². The highest BCUT2D eigenvalue weighted by Gasteiger charge is 2.39. The molecule has 0 bridgehead atoms. The number of nitrogens with one attached hydrogen (secondary N) is 1. The molecule has 0 fully saturated rings. The minimum Gasteiger partial charge on any atom is -0.481 e. The number of aromatic nitrogens is 4. The van der Waals surface area contributed by atoms with Gasteiger partial charge < -0.3 is 4.74 Å². The number of fused-ring (bicyclic) bond motifs is 3. The fourth-order valence-corrected chi connectivity index (χ4v) is 3.75. The van der Waals surface area contributed by atoms with Crippen LogP contribution in [-0.4, -0.2) is 41.1 Å². The van der Waals surface area contributed by atoms with Gasteiger partial charge in [0.25, 0.3) is 0 Å². The average Bonchev–Trinajstić information content (AvgIpc) is 3.08. The number of hydrogen-bond donors (Lipinski definition) is 1. The zero-order chi connectivity index (χ0) is 22.6. The molecule has 0 unspecified atom stereocenters. The minimum atomic E-state index is -4.88. The molecule has 8 nitrogen and oxygen atoms in total. The molecule has 0 atom stereocenters. The summed E-state index contributed by atoms with van der Waals surface area (Å²) in [5.74, 6) is -0.399. The third-order valence-corrected chi connectivity index (χ3v) is 5.08. The summed E-state index contributed by atoms with van der Waals surface area (Å²) in [7, 11) is -2.57. The van der Waals surface area contributed by atoms with Crippen LogP contribution in [0.4, 0.5) is 19.0 Å². The molecule has 0 spiro atoms. The number of rotatable bonds is 4. The van der Waals surface area contributed by atoms with Crippen molar-refractivity contribution in [3.63, 3.8) is 0 Å².